The molecule has 2 heterocycles. The first-order valence-corrected chi connectivity index (χ1v) is 7.82. The minimum atomic E-state index is -0.371. The van der Waals surface area contributed by atoms with Crippen LogP contribution in [0.15, 0.2) is 30.0 Å². The van der Waals surface area contributed by atoms with E-state index in [1.54, 1.807) is 12.1 Å². The van der Waals surface area contributed by atoms with Gasteiger partial charge in [0.2, 0.25) is 0 Å². The van der Waals surface area contributed by atoms with Crippen molar-refractivity contribution in [2.75, 3.05) is 32.8 Å². The van der Waals surface area contributed by atoms with Crippen LogP contribution in [0.3, 0.4) is 0 Å². The Kier molecular flexibility index (Phi) is 4.43. The van der Waals surface area contributed by atoms with Crippen molar-refractivity contribution >= 4 is 17.4 Å². The molecule has 23 heavy (non-hydrogen) atoms. The summed E-state index contributed by atoms with van der Waals surface area (Å²) >= 11 is 0. The summed E-state index contributed by atoms with van der Waals surface area (Å²) in [5.41, 5.74) is 1.36. The molecule has 1 aromatic carbocycles. The number of carbonyl (C=O) groups is 2. The van der Waals surface area contributed by atoms with Crippen LogP contribution >= 0.6 is 0 Å². The third-order valence-corrected chi connectivity index (χ3v) is 4.05. The molecule has 0 radical (unpaired) electrons. The Hall–Kier alpha value is -2.21. The van der Waals surface area contributed by atoms with E-state index in [0.717, 1.165) is 0 Å². The predicted octanol–water partition coefficient (Wildman–Crippen LogP) is 1.65. The zero-order chi connectivity index (χ0) is 16.4. The molecule has 0 aromatic heterocycles. The second-order valence-electron chi connectivity index (χ2n) is 5.59. The van der Waals surface area contributed by atoms with Crippen LogP contribution in [0.4, 0.5) is 4.39 Å². The maximum absolute atomic E-state index is 13.2. The Morgan fingerprint density at radius 1 is 1.09 bits per heavy atom. The molecule has 1 fully saturated rings. The molecule has 3 rings (SSSR count). The number of hydrogen-bond acceptors (Lipinski definition) is 4. The first-order valence-electron chi connectivity index (χ1n) is 7.82. The van der Waals surface area contributed by atoms with E-state index in [9.17, 15) is 14.0 Å². The van der Waals surface area contributed by atoms with Gasteiger partial charge >= 0.3 is 0 Å². The summed E-state index contributed by atoms with van der Waals surface area (Å²) in [6, 6.07) is 5.70. The molecule has 0 atom stereocenters. The number of carbonyl (C=O) groups excluding carboxylic acids is 2. The number of imide groups is 1. The molecule has 2 amide bonds. The quantitative estimate of drug-likeness (QED) is 0.792. The number of benzene rings is 1. The number of morpholine rings is 1. The van der Waals surface area contributed by atoms with Gasteiger partial charge in [0, 0.05) is 19.6 Å². The lowest BCUT2D eigenvalue weighted by molar-refractivity contribution is -0.137. The van der Waals surface area contributed by atoms with Gasteiger partial charge in [0.1, 0.15) is 11.5 Å². The molecule has 5 nitrogen and oxygen atoms in total. The second-order valence-corrected chi connectivity index (χ2v) is 5.59. The first kappa shape index (κ1) is 15.7. The fourth-order valence-electron chi connectivity index (χ4n) is 2.95. The molecular weight excluding hydrogens is 299 g/mol. The molecule has 0 spiro atoms. The SMILES string of the molecule is CCCN1C(=O)C(c2ccc(F)cc2)=C(N2CCOCC2)C1=O. The van der Waals surface area contributed by atoms with Gasteiger partial charge < -0.3 is 9.64 Å². The van der Waals surface area contributed by atoms with Crippen molar-refractivity contribution < 1.29 is 18.7 Å². The molecule has 0 aliphatic carbocycles. The fraction of sp³-hybridized carbons (Fsp3) is 0.412. The van der Waals surface area contributed by atoms with Gasteiger partial charge in [0.05, 0.1) is 18.8 Å². The van der Waals surface area contributed by atoms with Gasteiger partial charge in [-0.25, -0.2) is 4.39 Å². The van der Waals surface area contributed by atoms with Gasteiger partial charge in [-0.15, -0.1) is 0 Å². The van der Waals surface area contributed by atoms with Crippen molar-refractivity contribution in [2.45, 2.75) is 13.3 Å². The lowest BCUT2D eigenvalue weighted by atomic mass is 10.0. The van der Waals surface area contributed by atoms with Gasteiger partial charge in [-0.2, -0.15) is 0 Å². The zero-order valence-corrected chi connectivity index (χ0v) is 13.0. The van der Waals surface area contributed by atoms with E-state index >= 15 is 0 Å². The number of amides is 2. The van der Waals surface area contributed by atoms with Gasteiger partial charge in [0.25, 0.3) is 11.8 Å². The van der Waals surface area contributed by atoms with Gasteiger partial charge in [-0.3, -0.25) is 14.5 Å². The van der Waals surface area contributed by atoms with Gasteiger partial charge in [-0.1, -0.05) is 19.1 Å². The van der Waals surface area contributed by atoms with Crippen molar-refractivity contribution in [1.82, 2.24) is 9.80 Å². The molecule has 2 aliphatic heterocycles. The van der Waals surface area contributed by atoms with Crippen molar-refractivity contribution in [3.63, 3.8) is 0 Å². The highest BCUT2D eigenvalue weighted by Crippen LogP contribution is 2.32. The van der Waals surface area contributed by atoms with Crippen molar-refractivity contribution in [3.05, 3.63) is 41.3 Å². The van der Waals surface area contributed by atoms with E-state index in [1.165, 1.54) is 17.0 Å². The molecule has 2 aliphatic rings. The van der Waals surface area contributed by atoms with E-state index in [4.69, 9.17) is 4.74 Å². The van der Waals surface area contributed by atoms with Crippen LogP contribution in [0.2, 0.25) is 0 Å². The number of halogens is 1. The molecule has 1 saturated heterocycles. The Balaban J connectivity index is 2.06. The van der Waals surface area contributed by atoms with Crippen LogP contribution in [0, 0.1) is 5.82 Å². The average molecular weight is 318 g/mol. The number of ether oxygens (including phenoxy) is 1. The smallest absolute Gasteiger partial charge is 0.277 e. The Bertz CT molecular complexity index is 648. The first-order chi connectivity index (χ1) is 11.1. The lowest BCUT2D eigenvalue weighted by Gasteiger charge is -2.29. The Morgan fingerprint density at radius 3 is 2.35 bits per heavy atom. The van der Waals surface area contributed by atoms with Crippen molar-refractivity contribution in [1.29, 1.82) is 0 Å². The summed E-state index contributed by atoms with van der Waals surface area (Å²) in [6.07, 6.45) is 0.699. The molecular formula is C17H19FN2O3. The number of nitrogens with zero attached hydrogens (tertiary/aromatic N) is 2. The largest absolute Gasteiger partial charge is 0.378 e. The summed E-state index contributed by atoms with van der Waals surface area (Å²) in [4.78, 5) is 28.7. The Labute approximate surface area is 134 Å². The van der Waals surface area contributed by atoms with Crippen LogP contribution < -0.4 is 0 Å². The second kappa shape index (κ2) is 6.50. The van der Waals surface area contributed by atoms with E-state index in [1.807, 2.05) is 11.8 Å². The maximum atomic E-state index is 13.2. The number of hydrogen-bond donors (Lipinski definition) is 0. The summed E-state index contributed by atoms with van der Waals surface area (Å²) in [6.45, 7) is 4.49. The Morgan fingerprint density at radius 2 is 1.74 bits per heavy atom. The molecule has 0 unspecified atom stereocenters. The van der Waals surface area contributed by atoms with Crippen LogP contribution in [-0.4, -0.2) is 54.5 Å². The highest BCUT2D eigenvalue weighted by Gasteiger charge is 2.41. The normalized spacial score (nSPS) is 19.0. The molecule has 1 aromatic rings. The van der Waals surface area contributed by atoms with E-state index in [-0.39, 0.29) is 17.6 Å². The lowest BCUT2D eigenvalue weighted by Crippen LogP contribution is -2.40. The number of rotatable bonds is 4. The van der Waals surface area contributed by atoms with Crippen LogP contribution in [0.5, 0.6) is 0 Å². The van der Waals surface area contributed by atoms with Crippen molar-refractivity contribution in [2.24, 2.45) is 0 Å². The average Bonchev–Trinajstić information content (AvgIpc) is 2.81. The van der Waals surface area contributed by atoms with Gasteiger partial charge in [-0.05, 0) is 24.1 Å². The maximum Gasteiger partial charge on any atom is 0.277 e. The summed E-state index contributed by atoms with van der Waals surface area (Å²) in [5.74, 6) is -0.938. The molecule has 0 N–H and O–H groups in total. The zero-order valence-electron chi connectivity index (χ0n) is 13.0. The third kappa shape index (κ3) is 2.86. The highest BCUT2D eigenvalue weighted by atomic mass is 19.1. The van der Waals surface area contributed by atoms with Gasteiger partial charge in [0.15, 0.2) is 0 Å². The topological polar surface area (TPSA) is 49.9 Å². The molecule has 122 valence electrons. The van der Waals surface area contributed by atoms with Crippen LogP contribution in [0.25, 0.3) is 5.57 Å². The van der Waals surface area contributed by atoms with Crippen LogP contribution in [0.1, 0.15) is 18.9 Å². The summed E-state index contributed by atoms with van der Waals surface area (Å²) in [7, 11) is 0. The molecule has 6 heteroatoms. The predicted molar refractivity (Wildman–Crippen MR) is 82.7 cm³/mol. The van der Waals surface area contributed by atoms with Crippen LogP contribution in [-0.2, 0) is 14.3 Å². The van der Waals surface area contributed by atoms with Crippen molar-refractivity contribution in [3.8, 4) is 0 Å². The van der Waals surface area contributed by atoms with E-state index < -0.39 is 0 Å². The van der Waals surface area contributed by atoms with E-state index in [2.05, 4.69) is 0 Å². The fourth-order valence-corrected chi connectivity index (χ4v) is 2.95. The minimum absolute atomic E-state index is 0.266. The molecule has 0 bridgehead atoms. The summed E-state index contributed by atoms with van der Waals surface area (Å²) in [5, 5.41) is 0. The molecule has 0 saturated carbocycles. The monoisotopic (exact) mass is 318 g/mol. The minimum Gasteiger partial charge on any atom is -0.378 e. The standard InChI is InChI=1S/C17H19FN2O3/c1-2-7-20-16(21)14(12-3-5-13(18)6-4-12)15(17(20)22)19-8-10-23-11-9-19/h3-6H,2,7-11H2,1H3. The van der Waals surface area contributed by atoms with E-state index in [0.29, 0.717) is 56.1 Å². The highest BCUT2D eigenvalue weighted by molar-refractivity contribution is 6.35. The third-order valence-electron chi connectivity index (χ3n) is 4.05. The summed E-state index contributed by atoms with van der Waals surface area (Å²) < 4.78 is 18.5.